The van der Waals surface area contributed by atoms with E-state index in [2.05, 4.69) is 61.4 Å². The van der Waals surface area contributed by atoms with E-state index in [-0.39, 0.29) is 5.56 Å². The van der Waals surface area contributed by atoms with E-state index in [1.165, 1.54) is 10.8 Å². The van der Waals surface area contributed by atoms with Gasteiger partial charge in [-0.1, -0.05) is 48.5 Å². The molecule has 0 heterocycles. The lowest BCUT2D eigenvalue weighted by Crippen LogP contribution is -2.03. The summed E-state index contributed by atoms with van der Waals surface area (Å²) in [6, 6.07) is 25.2. The summed E-state index contributed by atoms with van der Waals surface area (Å²) in [5.74, 6) is -0.202. The van der Waals surface area contributed by atoms with Crippen LogP contribution in [0.4, 0.5) is 5.69 Å². The largest absolute Gasteiger partial charge is 0.487 e. The molecule has 156 valence electrons. The number of carbonyl (C=O) groups is 1. The van der Waals surface area contributed by atoms with Crippen LogP contribution >= 0.6 is 31.9 Å². The molecule has 0 unspecified atom stereocenters. The molecule has 4 rings (SSSR count). The maximum Gasteiger partial charge on any atom is 0.335 e. The number of carboxylic acids is 1. The first kappa shape index (κ1) is 21.4. The predicted molar refractivity (Wildman–Crippen MR) is 131 cm³/mol. The van der Waals surface area contributed by atoms with Crippen molar-refractivity contribution in [3.63, 3.8) is 0 Å². The standard InChI is InChI=1S/C25H19Br2NO3/c26-22-11-16(14-28-20-9-4-7-18(13-20)25(29)30)12-23(27)24(22)31-15-19-8-3-6-17-5-1-2-10-21(17)19/h1-13,28H,14-15H2,(H,29,30). The molecule has 0 saturated carbocycles. The van der Waals surface area contributed by atoms with E-state index < -0.39 is 5.97 Å². The number of aromatic carboxylic acids is 1. The van der Waals surface area contributed by atoms with Gasteiger partial charge in [0.1, 0.15) is 12.4 Å². The fourth-order valence-corrected chi connectivity index (χ4v) is 4.90. The number of nitrogens with one attached hydrogen (secondary N) is 1. The number of hydrogen-bond acceptors (Lipinski definition) is 3. The number of rotatable bonds is 7. The quantitative estimate of drug-likeness (QED) is 0.259. The molecule has 0 fully saturated rings. The van der Waals surface area contributed by atoms with E-state index in [1.807, 2.05) is 36.4 Å². The Morgan fingerprint density at radius 2 is 1.61 bits per heavy atom. The van der Waals surface area contributed by atoms with Gasteiger partial charge in [0.15, 0.2) is 0 Å². The molecule has 4 aromatic rings. The van der Waals surface area contributed by atoms with Gasteiger partial charge in [-0.25, -0.2) is 4.79 Å². The smallest absolute Gasteiger partial charge is 0.335 e. The van der Waals surface area contributed by atoms with Crippen LogP contribution in [-0.4, -0.2) is 11.1 Å². The zero-order chi connectivity index (χ0) is 21.8. The van der Waals surface area contributed by atoms with E-state index in [9.17, 15) is 4.79 Å². The summed E-state index contributed by atoms with van der Waals surface area (Å²) in [7, 11) is 0. The van der Waals surface area contributed by atoms with Crippen LogP contribution in [0.5, 0.6) is 5.75 Å². The second-order valence-electron chi connectivity index (χ2n) is 7.06. The molecule has 2 N–H and O–H groups in total. The molecule has 0 aliphatic rings. The first-order valence-electron chi connectivity index (χ1n) is 9.66. The van der Waals surface area contributed by atoms with Gasteiger partial charge in [-0.15, -0.1) is 0 Å². The molecule has 0 amide bonds. The summed E-state index contributed by atoms with van der Waals surface area (Å²) in [5, 5.41) is 14.8. The van der Waals surface area contributed by atoms with Crippen molar-refractivity contribution in [3.8, 4) is 5.75 Å². The fourth-order valence-electron chi connectivity index (χ4n) is 3.39. The zero-order valence-corrected chi connectivity index (χ0v) is 19.6. The minimum absolute atomic E-state index is 0.254. The van der Waals surface area contributed by atoms with Gasteiger partial charge in [0, 0.05) is 12.2 Å². The molecule has 0 aromatic heterocycles. The monoisotopic (exact) mass is 539 g/mol. The molecule has 0 radical (unpaired) electrons. The number of benzene rings is 4. The van der Waals surface area contributed by atoms with Crippen molar-refractivity contribution in [3.05, 3.63) is 104 Å². The highest BCUT2D eigenvalue weighted by Gasteiger charge is 2.11. The van der Waals surface area contributed by atoms with Gasteiger partial charge in [-0.2, -0.15) is 0 Å². The zero-order valence-electron chi connectivity index (χ0n) is 16.4. The Morgan fingerprint density at radius 3 is 2.39 bits per heavy atom. The van der Waals surface area contributed by atoms with Crippen LogP contribution in [0.2, 0.25) is 0 Å². The summed E-state index contributed by atoms with van der Waals surface area (Å²) in [6.45, 7) is 1.00. The Bertz CT molecular complexity index is 1230. The molecule has 0 spiro atoms. The lowest BCUT2D eigenvalue weighted by atomic mass is 10.1. The average Bonchev–Trinajstić information content (AvgIpc) is 2.77. The number of carboxylic acid groups (broad SMARTS) is 1. The molecule has 0 bridgehead atoms. The van der Waals surface area contributed by atoms with Crippen molar-refractivity contribution in [2.24, 2.45) is 0 Å². The first-order valence-corrected chi connectivity index (χ1v) is 11.2. The SMILES string of the molecule is O=C(O)c1cccc(NCc2cc(Br)c(OCc3cccc4ccccc34)c(Br)c2)c1. The molecule has 0 aliphatic heterocycles. The third-order valence-corrected chi connectivity index (χ3v) is 6.09. The van der Waals surface area contributed by atoms with Crippen molar-refractivity contribution in [2.75, 3.05) is 5.32 Å². The van der Waals surface area contributed by atoms with Crippen LogP contribution in [0.1, 0.15) is 21.5 Å². The summed E-state index contributed by atoms with van der Waals surface area (Å²) >= 11 is 7.24. The van der Waals surface area contributed by atoms with Crippen molar-refractivity contribution >= 4 is 54.3 Å². The Kier molecular flexibility index (Phi) is 6.59. The van der Waals surface area contributed by atoms with Crippen LogP contribution in [0.15, 0.2) is 87.8 Å². The molecular formula is C25H19Br2NO3. The molecule has 0 atom stereocenters. The van der Waals surface area contributed by atoms with Gasteiger partial charge in [0.2, 0.25) is 0 Å². The van der Waals surface area contributed by atoms with Crippen LogP contribution in [0.3, 0.4) is 0 Å². The van der Waals surface area contributed by atoms with Crippen LogP contribution in [-0.2, 0) is 13.2 Å². The molecule has 4 nitrogen and oxygen atoms in total. The van der Waals surface area contributed by atoms with Gasteiger partial charge >= 0.3 is 5.97 Å². The molecule has 6 heteroatoms. The highest BCUT2D eigenvalue weighted by atomic mass is 79.9. The molecule has 0 aliphatic carbocycles. The van der Waals surface area contributed by atoms with Gasteiger partial charge in [0.25, 0.3) is 0 Å². The fraction of sp³-hybridized carbons (Fsp3) is 0.0800. The first-order chi connectivity index (χ1) is 15.0. The summed E-state index contributed by atoms with van der Waals surface area (Å²) in [5.41, 5.74) is 3.16. The lowest BCUT2D eigenvalue weighted by molar-refractivity contribution is 0.0697. The number of fused-ring (bicyclic) bond motifs is 1. The normalized spacial score (nSPS) is 10.8. The molecule has 0 saturated heterocycles. The molecule has 31 heavy (non-hydrogen) atoms. The van der Waals surface area contributed by atoms with Gasteiger partial charge in [-0.3, -0.25) is 0 Å². The Balaban J connectivity index is 1.47. The van der Waals surface area contributed by atoms with Crippen molar-refractivity contribution in [1.82, 2.24) is 0 Å². The van der Waals surface area contributed by atoms with Crippen LogP contribution < -0.4 is 10.1 Å². The summed E-state index contributed by atoms with van der Waals surface area (Å²) < 4.78 is 7.83. The van der Waals surface area contributed by atoms with E-state index in [0.29, 0.717) is 13.2 Å². The van der Waals surface area contributed by atoms with Crippen molar-refractivity contribution < 1.29 is 14.6 Å². The minimum atomic E-state index is -0.943. The predicted octanol–water partition coefficient (Wildman–Crippen LogP) is 7.25. The third kappa shape index (κ3) is 5.09. The van der Waals surface area contributed by atoms with Crippen molar-refractivity contribution in [1.29, 1.82) is 0 Å². The molecule has 4 aromatic carbocycles. The lowest BCUT2D eigenvalue weighted by Gasteiger charge is -2.14. The van der Waals surface area contributed by atoms with Gasteiger partial charge in [-0.05, 0) is 84.1 Å². The van der Waals surface area contributed by atoms with E-state index in [1.54, 1.807) is 18.2 Å². The van der Waals surface area contributed by atoms with Crippen LogP contribution in [0.25, 0.3) is 10.8 Å². The Morgan fingerprint density at radius 1 is 0.903 bits per heavy atom. The number of ether oxygens (including phenoxy) is 1. The maximum absolute atomic E-state index is 11.1. The Labute approximate surface area is 197 Å². The number of anilines is 1. The topological polar surface area (TPSA) is 58.6 Å². The second-order valence-corrected chi connectivity index (χ2v) is 8.76. The Hall–Kier alpha value is -2.83. The number of hydrogen-bond donors (Lipinski definition) is 2. The van der Waals surface area contributed by atoms with E-state index >= 15 is 0 Å². The van der Waals surface area contributed by atoms with Crippen LogP contribution in [0, 0.1) is 0 Å². The highest BCUT2D eigenvalue weighted by Crippen LogP contribution is 2.36. The second kappa shape index (κ2) is 9.54. The van der Waals surface area contributed by atoms with Gasteiger partial charge in [0.05, 0.1) is 14.5 Å². The summed E-state index contributed by atoms with van der Waals surface area (Å²) in [4.78, 5) is 11.1. The number of halogens is 2. The van der Waals surface area contributed by atoms with Crippen molar-refractivity contribution in [2.45, 2.75) is 13.2 Å². The molecular weight excluding hydrogens is 522 g/mol. The van der Waals surface area contributed by atoms with E-state index in [0.717, 1.165) is 31.5 Å². The minimum Gasteiger partial charge on any atom is -0.487 e. The van der Waals surface area contributed by atoms with E-state index in [4.69, 9.17) is 9.84 Å². The highest BCUT2D eigenvalue weighted by molar-refractivity contribution is 9.11. The third-order valence-electron chi connectivity index (χ3n) is 4.92. The van der Waals surface area contributed by atoms with Gasteiger partial charge < -0.3 is 15.2 Å². The summed E-state index contributed by atoms with van der Waals surface area (Å²) in [6.07, 6.45) is 0. The maximum atomic E-state index is 11.1. The average molecular weight is 541 g/mol.